The maximum atomic E-state index is 10.0. The lowest BCUT2D eigenvalue weighted by molar-refractivity contribution is -0.130. The first-order valence-corrected chi connectivity index (χ1v) is 5.06. The number of rotatable bonds is 6. The molecule has 0 aliphatic heterocycles. The Morgan fingerprint density at radius 3 is 2.64 bits per heavy atom. The highest BCUT2D eigenvalue weighted by Crippen LogP contribution is 2.07. The molecule has 3 heteroatoms. The Labute approximate surface area is 85.1 Å². The van der Waals surface area contributed by atoms with Crippen molar-refractivity contribution in [3.05, 3.63) is 0 Å². The Morgan fingerprint density at radius 2 is 2.07 bits per heavy atom. The molecule has 0 amide bonds. The molecule has 0 heterocycles. The molecule has 1 unspecified atom stereocenters. The lowest BCUT2D eigenvalue weighted by Crippen LogP contribution is -2.04. The summed E-state index contributed by atoms with van der Waals surface area (Å²) in [6.45, 7) is 2.13. The zero-order chi connectivity index (χ0) is 10.8. The maximum absolute atomic E-state index is 10.0. The van der Waals surface area contributed by atoms with Crippen molar-refractivity contribution in [3.63, 3.8) is 0 Å². The van der Waals surface area contributed by atoms with Crippen molar-refractivity contribution in [3.8, 4) is 11.8 Å². The topological polar surface area (TPSA) is 57.5 Å². The molecule has 3 nitrogen and oxygen atoms in total. The van der Waals surface area contributed by atoms with E-state index >= 15 is 0 Å². The van der Waals surface area contributed by atoms with Gasteiger partial charge in [0.05, 0.1) is 6.10 Å². The van der Waals surface area contributed by atoms with Gasteiger partial charge in [0.2, 0.25) is 0 Å². The average Bonchev–Trinajstić information content (AvgIpc) is 2.12. The second-order valence-electron chi connectivity index (χ2n) is 3.31. The van der Waals surface area contributed by atoms with E-state index in [1.807, 2.05) is 5.92 Å². The minimum atomic E-state index is -1.14. The van der Waals surface area contributed by atoms with Crippen LogP contribution >= 0.6 is 0 Å². The van der Waals surface area contributed by atoms with Gasteiger partial charge in [-0.25, -0.2) is 4.79 Å². The quantitative estimate of drug-likeness (QED) is 0.505. The zero-order valence-corrected chi connectivity index (χ0v) is 8.62. The number of unbranched alkanes of at least 4 members (excludes halogenated alkanes) is 3. The van der Waals surface area contributed by atoms with Crippen LogP contribution in [0.25, 0.3) is 0 Å². The normalized spacial score (nSPS) is 11.6. The molecule has 0 saturated carbocycles. The molecule has 0 aliphatic rings. The van der Waals surface area contributed by atoms with Crippen molar-refractivity contribution >= 4 is 5.97 Å². The molecule has 0 spiro atoms. The summed E-state index contributed by atoms with van der Waals surface area (Å²) in [5.74, 6) is 3.27. The number of aliphatic hydroxyl groups excluding tert-OH is 1. The summed E-state index contributed by atoms with van der Waals surface area (Å²) in [5, 5.41) is 17.6. The summed E-state index contributed by atoms with van der Waals surface area (Å²) in [7, 11) is 0. The third kappa shape index (κ3) is 9.08. The van der Waals surface area contributed by atoms with Crippen LogP contribution in [0.2, 0.25) is 0 Å². The van der Waals surface area contributed by atoms with Crippen LogP contribution in [-0.4, -0.2) is 22.3 Å². The van der Waals surface area contributed by atoms with Crippen molar-refractivity contribution in [1.29, 1.82) is 0 Å². The summed E-state index contributed by atoms with van der Waals surface area (Å²) in [6, 6.07) is 0. The minimum absolute atomic E-state index is 0.262. The first kappa shape index (κ1) is 13.0. The standard InChI is InChI=1S/C11H18O3/c1-2-3-4-5-7-10(12)8-6-9-11(13)14/h10,12H,2-5,7-8H2,1H3,(H,13,14). The van der Waals surface area contributed by atoms with E-state index in [-0.39, 0.29) is 6.42 Å². The lowest BCUT2D eigenvalue weighted by Gasteiger charge is -2.05. The van der Waals surface area contributed by atoms with Crippen LogP contribution in [-0.2, 0) is 4.79 Å². The van der Waals surface area contributed by atoms with Crippen molar-refractivity contribution in [2.75, 3.05) is 0 Å². The first-order valence-electron chi connectivity index (χ1n) is 5.06. The zero-order valence-electron chi connectivity index (χ0n) is 8.62. The third-order valence-corrected chi connectivity index (χ3v) is 1.92. The van der Waals surface area contributed by atoms with E-state index in [0.717, 1.165) is 12.8 Å². The monoisotopic (exact) mass is 198 g/mol. The van der Waals surface area contributed by atoms with E-state index in [9.17, 15) is 9.90 Å². The van der Waals surface area contributed by atoms with E-state index in [0.29, 0.717) is 6.42 Å². The number of carbonyl (C=O) groups is 1. The van der Waals surface area contributed by atoms with Crippen molar-refractivity contribution in [2.24, 2.45) is 0 Å². The van der Waals surface area contributed by atoms with E-state index in [2.05, 4.69) is 12.8 Å². The molecule has 0 radical (unpaired) electrons. The highest BCUT2D eigenvalue weighted by Gasteiger charge is 2.00. The Bertz CT molecular complexity index is 212. The molecule has 14 heavy (non-hydrogen) atoms. The largest absolute Gasteiger partial charge is 0.472 e. The molecule has 2 N–H and O–H groups in total. The van der Waals surface area contributed by atoms with Gasteiger partial charge in [-0.1, -0.05) is 38.5 Å². The van der Waals surface area contributed by atoms with E-state index < -0.39 is 12.1 Å². The molecule has 0 rings (SSSR count). The molecule has 0 aromatic heterocycles. The number of carboxylic acid groups (broad SMARTS) is 1. The highest BCUT2D eigenvalue weighted by molar-refractivity contribution is 5.86. The van der Waals surface area contributed by atoms with Gasteiger partial charge < -0.3 is 10.2 Å². The molecular formula is C11H18O3. The lowest BCUT2D eigenvalue weighted by atomic mass is 10.1. The molecule has 80 valence electrons. The molecule has 0 bridgehead atoms. The molecule has 1 atom stereocenters. The van der Waals surface area contributed by atoms with Gasteiger partial charge in [-0.3, -0.25) is 0 Å². The Morgan fingerprint density at radius 1 is 1.36 bits per heavy atom. The fraction of sp³-hybridized carbons (Fsp3) is 0.727. The van der Waals surface area contributed by atoms with Crippen molar-refractivity contribution in [1.82, 2.24) is 0 Å². The number of hydrogen-bond acceptors (Lipinski definition) is 2. The van der Waals surface area contributed by atoms with Crippen LogP contribution in [0.15, 0.2) is 0 Å². The van der Waals surface area contributed by atoms with Crippen LogP contribution in [0, 0.1) is 11.8 Å². The van der Waals surface area contributed by atoms with Crippen molar-refractivity contribution < 1.29 is 15.0 Å². The fourth-order valence-electron chi connectivity index (χ4n) is 1.15. The van der Waals surface area contributed by atoms with Gasteiger partial charge in [-0.15, -0.1) is 0 Å². The van der Waals surface area contributed by atoms with Crippen LogP contribution in [0.1, 0.15) is 45.4 Å². The van der Waals surface area contributed by atoms with Crippen LogP contribution < -0.4 is 0 Å². The second-order valence-corrected chi connectivity index (χ2v) is 3.31. The van der Waals surface area contributed by atoms with Gasteiger partial charge >= 0.3 is 5.97 Å². The minimum Gasteiger partial charge on any atom is -0.472 e. The molecule has 0 aliphatic carbocycles. The van der Waals surface area contributed by atoms with E-state index in [1.165, 1.54) is 12.8 Å². The smallest absolute Gasteiger partial charge is 0.381 e. The van der Waals surface area contributed by atoms with E-state index in [1.54, 1.807) is 0 Å². The molecular weight excluding hydrogens is 180 g/mol. The first-order chi connectivity index (χ1) is 6.66. The number of hydrogen-bond donors (Lipinski definition) is 2. The number of aliphatic carboxylic acids is 1. The van der Waals surface area contributed by atoms with Gasteiger partial charge in [-0.05, 0) is 6.42 Å². The van der Waals surface area contributed by atoms with Crippen molar-refractivity contribution in [2.45, 2.75) is 51.6 Å². The van der Waals surface area contributed by atoms with Gasteiger partial charge in [0.15, 0.2) is 0 Å². The molecule has 0 fully saturated rings. The van der Waals surface area contributed by atoms with Gasteiger partial charge in [0, 0.05) is 12.3 Å². The van der Waals surface area contributed by atoms with Crippen LogP contribution in [0.3, 0.4) is 0 Å². The summed E-state index contributed by atoms with van der Waals surface area (Å²) in [4.78, 5) is 10.0. The van der Waals surface area contributed by atoms with Crippen LogP contribution in [0.5, 0.6) is 0 Å². The predicted octanol–water partition coefficient (Wildman–Crippen LogP) is 1.80. The summed E-state index contributed by atoms with van der Waals surface area (Å²) >= 11 is 0. The number of carboxylic acids is 1. The number of aliphatic hydroxyl groups is 1. The summed E-state index contributed by atoms with van der Waals surface area (Å²) < 4.78 is 0. The SMILES string of the molecule is CCCCCCC(O)CC#CC(=O)O. The summed E-state index contributed by atoms with van der Waals surface area (Å²) in [6.07, 6.45) is 4.98. The molecule has 0 saturated heterocycles. The molecule has 0 aromatic carbocycles. The van der Waals surface area contributed by atoms with Gasteiger partial charge in [0.1, 0.15) is 0 Å². The van der Waals surface area contributed by atoms with E-state index in [4.69, 9.17) is 5.11 Å². The summed E-state index contributed by atoms with van der Waals surface area (Å²) in [5.41, 5.74) is 0. The maximum Gasteiger partial charge on any atom is 0.381 e. The highest BCUT2D eigenvalue weighted by atomic mass is 16.4. The fourth-order valence-corrected chi connectivity index (χ4v) is 1.15. The second kappa shape index (κ2) is 8.58. The predicted molar refractivity (Wildman–Crippen MR) is 54.8 cm³/mol. The Kier molecular flexibility index (Phi) is 7.96. The van der Waals surface area contributed by atoms with Crippen LogP contribution in [0.4, 0.5) is 0 Å². The van der Waals surface area contributed by atoms with Gasteiger partial charge in [0.25, 0.3) is 0 Å². The average molecular weight is 198 g/mol. The Hall–Kier alpha value is -1.01. The Balaban J connectivity index is 3.42. The van der Waals surface area contributed by atoms with Gasteiger partial charge in [-0.2, -0.15) is 0 Å². The third-order valence-electron chi connectivity index (χ3n) is 1.92. The molecule has 0 aromatic rings.